The first-order valence-electron chi connectivity index (χ1n) is 13.1. The van der Waals surface area contributed by atoms with Crippen LogP contribution in [0.1, 0.15) is 25.7 Å². The molecule has 2 heterocycles. The van der Waals surface area contributed by atoms with Crippen molar-refractivity contribution in [2.75, 3.05) is 6.61 Å². The van der Waals surface area contributed by atoms with Gasteiger partial charge in [-0.05, 0) is 74.2 Å². The van der Waals surface area contributed by atoms with Crippen molar-refractivity contribution in [3.8, 4) is 34.3 Å². The average molecular weight is 507 g/mol. The summed E-state index contributed by atoms with van der Waals surface area (Å²) in [7, 11) is 0. The van der Waals surface area contributed by atoms with E-state index in [9.17, 15) is 4.79 Å². The van der Waals surface area contributed by atoms with E-state index in [1.165, 1.54) is 12.8 Å². The van der Waals surface area contributed by atoms with Gasteiger partial charge in [0.1, 0.15) is 23.9 Å². The van der Waals surface area contributed by atoms with E-state index in [0.29, 0.717) is 19.3 Å². The molecule has 3 aromatic carbocycles. The van der Waals surface area contributed by atoms with Crippen LogP contribution in [-0.4, -0.2) is 31.4 Å². The van der Waals surface area contributed by atoms with Crippen molar-refractivity contribution in [2.24, 2.45) is 0 Å². The summed E-state index contributed by atoms with van der Waals surface area (Å²) < 4.78 is 17.4. The summed E-state index contributed by atoms with van der Waals surface area (Å²) >= 11 is 0. The van der Waals surface area contributed by atoms with E-state index in [0.717, 1.165) is 47.1 Å². The smallest absolute Gasteiger partial charge is 0.337 e. The van der Waals surface area contributed by atoms with Gasteiger partial charge >= 0.3 is 5.69 Å². The topological polar surface area (TPSA) is 63.2 Å². The Morgan fingerprint density at radius 1 is 0.763 bits per heavy atom. The van der Waals surface area contributed by atoms with E-state index in [-0.39, 0.29) is 5.69 Å². The molecule has 1 aliphatic carbocycles. The molecule has 0 amide bonds. The van der Waals surface area contributed by atoms with Gasteiger partial charge in [-0.15, -0.1) is 0 Å². The molecule has 1 fully saturated rings. The van der Waals surface area contributed by atoms with Crippen LogP contribution in [0.2, 0.25) is 0 Å². The van der Waals surface area contributed by atoms with E-state index in [1.807, 2.05) is 85.1 Å². The zero-order valence-corrected chi connectivity index (χ0v) is 21.1. The van der Waals surface area contributed by atoms with Gasteiger partial charge in [-0.1, -0.05) is 30.3 Å². The quantitative estimate of drug-likeness (QED) is 0.250. The molecule has 0 bridgehead atoms. The molecule has 38 heavy (non-hydrogen) atoms. The maximum absolute atomic E-state index is 13.1. The van der Waals surface area contributed by atoms with Crippen LogP contribution in [0, 0.1) is 0 Å². The second kappa shape index (κ2) is 10.8. The third-order valence-corrected chi connectivity index (χ3v) is 6.96. The Labute approximate surface area is 221 Å². The molecule has 0 atom stereocenters. The molecule has 5 aromatic rings. The fourth-order valence-electron chi connectivity index (χ4n) is 4.96. The molecule has 1 saturated carbocycles. The van der Waals surface area contributed by atoms with Gasteiger partial charge < -0.3 is 14.0 Å². The van der Waals surface area contributed by atoms with Crippen LogP contribution >= 0.6 is 0 Å². The number of benzene rings is 3. The number of ether oxygens (including phenoxy) is 2. The van der Waals surface area contributed by atoms with Crippen LogP contribution in [0.25, 0.3) is 22.8 Å². The van der Waals surface area contributed by atoms with E-state index < -0.39 is 0 Å². The summed E-state index contributed by atoms with van der Waals surface area (Å²) in [5.41, 5.74) is 2.54. The molecular weight excluding hydrogens is 476 g/mol. The second-order valence-electron chi connectivity index (χ2n) is 9.49. The van der Waals surface area contributed by atoms with Crippen LogP contribution in [-0.2, 0) is 6.54 Å². The van der Waals surface area contributed by atoms with Crippen molar-refractivity contribution in [3.63, 3.8) is 0 Å². The van der Waals surface area contributed by atoms with Gasteiger partial charge in [-0.2, -0.15) is 0 Å². The Balaban J connectivity index is 1.08. The summed E-state index contributed by atoms with van der Waals surface area (Å²) in [6, 6.07) is 25.4. The van der Waals surface area contributed by atoms with Crippen LogP contribution in [0.4, 0.5) is 0 Å². The lowest BCUT2D eigenvalue weighted by atomic mass is 10.2. The Morgan fingerprint density at radius 3 is 2.05 bits per heavy atom. The molecule has 2 aromatic heterocycles. The molecule has 6 rings (SSSR count). The molecule has 1 aliphatic rings. The summed E-state index contributed by atoms with van der Waals surface area (Å²) in [4.78, 5) is 17.6. The third kappa shape index (κ3) is 5.13. The number of aromatic nitrogens is 4. The van der Waals surface area contributed by atoms with Crippen molar-refractivity contribution < 1.29 is 9.47 Å². The van der Waals surface area contributed by atoms with E-state index >= 15 is 0 Å². The van der Waals surface area contributed by atoms with Crippen LogP contribution in [0.15, 0.2) is 108 Å². The van der Waals surface area contributed by atoms with Crippen molar-refractivity contribution in [1.29, 1.82) is 0 Å². The standard InChI is InChI=1S/C31H30N4O3/c36-31-34(20-21-35(31)26-12-16-29(17-13-26)38-28-8-4-5-9-28)25-10-14-27(15-11-25)37-23-22-33-19-18-32-30(33)24-6-2-1-3-7-24/h1-3,6-7,10-21,28H,4-5,8-9,22-23H2. The fourth-order valence-corrected chi connectivity index (χ4v) is 4.96. The molecule has 0 unspecified atom stereocenters. The minimum Gasteiger partial charge on any atom is -0.492 e. The highest BCUT2D eigenvalue weighted by Gasteiger charge is 2.16. The normalized spacial score (nSPS) is 13.6. The summed E-state index contributed by atoms with van der Waals surface area (Å²) in [5, 5.41) is 0. The average Bonchev–Trinajstić information content (AvgIpc) is 3.72. The molecule has 0 N–H and O–H groups in total. The zero-order chi connectivity index (χ0) is 25.7. The number of imidazole rings is 2. The monoisotopic (exact) mass is 506 g/mol. The van der Waals surface area contributed by atoms with E-state index in [4.69, 9.17) is 9.47 Å². The molecular formula is C31H30N4O3. The SMILES string of the molecule is O=c1n(-c2ccc(OCCn3ccnc3-c3ccccc3)cc2)ccn1-c1ccc(OC2CCCC2)cc1. The van der Waals surface area contributed by atoms with Crippen molar-refractivity contribution in [3.05, 3.63) is 114 Å². The van der Waals surface area contributed by atoms with Crippen molar-refractivity contribution in [2.45, 2.75) is 38.3 Å². The first kappa shape index (κ1) is 23.9. The number of hydrogen-bond acceptors (Lipinski definition) is 4. The van der Waals surface area contributed by atoms with Gasteiger partial charge in [-0.3, -0.25) is 9.13 Å². The van der Waals surface area contributed by atoms with Crippen molar-refractivity contribution in [1.82, 2.24) is 18.7 Å². The lowest BCUT2D eigenvalue weighted by Crippen LogP contribution is -2.21. The number of hydrogen-bond donors (Lipinski definition) is 0. The molecule has 192 valence electrons. The molecule has 0 saturated heterocycles. The lowest BCUT2D eigenvalue weighted by Gasteiger charge is -2.13. The van der Waals surface area contributed by atoms with Gasteiger partial charge in [0.2, 0.25) is 0 Å². The Morgan fingerprint density at radius 2 is 1.39 bits per heavy atom. The maximum Gasteiger partial charge on any atom is 0.337 e. The number of nitrogens with zero attached hydrogens (tertiary/aromatic N) is 4. The molecule has 0 spiro atoms. The van der Waals surface area contributed by atoms with Crippen LogP contribution < -0.4 is 15.2 Å². The highest BCUT2D eigenvalue weighted by Crippen LogP contribution is 2.25. The third-order valence-electron chi connectivity index (χ3n) is 6.96. The van der Waals surface area contributed by atoms with Gasteiger partial charge in [-0.25, -0.2) is 9.78 Å². The Bertz CT molecular complexity index is 1530. The first-order chi connectivity index (χ1) is 18.7. The Hall–Kier alpha value is -4.52. The lowest BCUT2D eigenvalue weighted by molar-refractivity contribution is 0.210. The molecule has 7 nitrogen and oxygen atoms in total. The van der Waals surface area contributed by atoms with Gasteiger partial charge in [0.05, 0.1) is 24.0 Å². The van der Waals surface area contributed by atoms with Gasteiger partial charge in [0.25, 0.3) is 0 Å². The maximum atomic E-state index is 13.1. The molecule has 0 aliphatic heterocycles. The minimum absolute atomic E-state index is 0.128. The van der Waals surface area contributed by atoms with Crippen molar-refractivity contribution >= 4 is 0 Å². The van der Waals surface area contributed by atoms with E-state index in [1.54, 1.807) is 27.7 Å². The first-order valence-corrected chi connectivity index (χ1v) is 13.1. The summed E-state index contributed by atoms with van der Waals surface area (Å²) in [6.45, 7) is 1.19. The predicted molar refractivity (Wildman–Crippen MR) is 147 cm³/mol. The van der Waals surface area contributed by atoms with Gasteiger partial charge in [0.15, 0.2) is 0 Å². The highest BCUT2D eigenvalue weighted by atomic mass is 16.5. The largest absolute Gasteiger partial charge is 0.492 e. The summed E-state index contributed by atoms with van der Waals surface area (Å²) in [6.07, 6.45) is 12.4. The van der Waals surface area contributed by atoms with Gasteiger partial charge in [0, 0.05) is 30.4 Å². The highest BCUT2D eigenvalue weighted by molar-refractivity contribution is 5.55. The summed E-state index contributed by atoms with van der Waals surface area (Å²) in [5.74, 6) is 2.53. The predicted octanol–water partition coefficient (Wildman–Crippen LogP) is 5.89. The zero-order valence-electron chi connectivity index (χ0n) is 21.1. The minimum atomic E-state index is -0.128. The molecule has 0 radical (unpaired) electrons. The van der Waals surface area contributed by atoms with Crippen LogP contribution in [0.5, 0.6) is 11.5 Å². The fraction of sp³-hybridized carbons (Fsp3) is 0.226. The van der Waals surface area contributed by atoms with E-state index in [2.05, 4.69) is 9.55 Å². The number of rotatable bonds is 9. The Kier molecular flexibility index (Phi) is 6.81. The molecule has 7 heteroatoms. The second-order valence-corrected chi connectivity index (χ2v) is 9.49. The van der Waals surface area contributed by atoms with Crippen LogP contribution in [0.3, 0.4) is 0 Å².